The Kier molecular flexibility index (Phi) is 4.70. The van der Waals surface area contributed by atoms with Gasteiger partial charge in [0.15, 0.2) is 0 Å². The summed E-state index contributed by atoms with van der Waals surface area (Å²) in [6.45, 7) is 0. The molecule has 0 bridgehead atoms. The summed E-state index contributed by atoms with van der Waals surface area (Å²) in [5.74, 6) is 0. The van der Waals surface area contributed by atoms with Gasteiger partial charge in [0.2, 0.25) is 0 Å². The van der Waals surface area contributed by atoms with Gasteiger partial charge >= 0.3 is 0 Å². The van der Waals surface area contributed by atoms with Crippen molar-refractivity contribution in [3.05, 3.63) is 54.7 Å². The smallest absolute Gasteiger partial charge is 0.0446 e. The highest BCUT2D eigenvalue weighted by molar-refractivity contribution is 14.1. The van der Waals surface area contributed by atoms with Gasteiger partial charge in [0.1, 0.15) is 0 Å². The van der Waals surface area contributed by atoms with Crippen LogP contribution in [-0.2, 0) is 6.42 Å². The van der Waals surface area contributed by atoms with Crippen molar-refractivity contribution in [3.8, 4) is 0 Å². The van der Waals surface area contributed by atoms with E-state index < -0.39 is 0 Å². The molecule has 0 aliphatic rings. The molecule has 0 aliphatic carbocycles. The molecule has 84 valence electrons. The third-order valence-corrected chi connectivity index (χ3v) is 5.06. The van der Waals surface area contributed by atoms with Gasteiger partial charge in [-0.15, -0.1) is 0 Å². The summed E-state index contributed by atoms with van der Waals surface area (Å²) in [5, 5.41) is 5.09. The number of benzene rings is 1. The molecule has 16 heavy (non-hydrogen) atoms. The van der Waals surface area contributed by atoms with Crippen LogP contribution in [0.4, 0.5) is 0 Å². The Morgan fingerprint density at radius 3 is 2.88 bits per heavy atom. The van der Waals surface area contributed by atoms with E-state index in [4.69, 9.17) is 11.6 Å². The third-order valence-electron chi connectivity index (χ3n) is 2.29. The lowest BCUT2D eigenvalue weighted by Gasteiger charge is -2.11. The van der Waals surface area contributed by atoms with Crippen molar-refractivity contribution in [2.45, 2.75) is 11.2 Å². The van der Waals surface area contributed by atoms with E-state index in [1.54, 1.807) is 11.3 Å². The number of rotatable bonds is 3. The van der Waals surface area contributed by atoms with Crippen LogP contribution in [0.1, 0.15) is 16.0 Å². The second-order valence-corrected chi connectivity index (χ2v) is 6.95. The molecular formula is C12H9BrClIS. The molecule has 0 amide bonds. The van der Waals surface area contributed by atoms with E-state index in [0.717, 1.165) is 11.4 Å². The fourth-order valence-corrected chi connectivity index (χ4v) is 4.23. The number of alkyl halides is 1. The zero-order valence-corrected chi connectivity index (χ0v) is 13.6. The summed E-state index contributed by atoms with van der Waals surface area (Å²) >= 11 is 13.8. The first-order valence-electron chi connectivity index (χ1n) is 4.77. The van der Waals surface area contributed by atoms with E-state index >= 15 is 0 Å². The lowest BCUT2D eigenvalue weighted by Crippen LogP contribution is -1.97. The van der Waals surface area contributed by atoms with Crippen LogP contribution in [0.2, 0.25) is 5.02 Å². The van der Waals surface area contributed by atoms with Crippen molar-refractivity contribution >= 4 is 61.5 Å². The van der Waals surface area contributed by atoms with Crippen molar-refractivity contribution < 1.29 is 0 Å². The summed E-state index contributed by atoms with van der Waals surface area (Å²) in [5.41, 5.74) is 2.63. The Hall–Kier alpha value is 0.420. The predicted molar refractivity (Wildman–Crippen MR) is 83.9 cm³/mol. The molecule has 1 aromatic heterocycles. The predicted octanol–water partition coefficient (Wildman–Crippen LogP) is 5.68. The summed E-state index contributed by atoms with van der Waals surface area (Å²) in [4.78, 5) is 0.327. The lowest BCUT2D eigenvalue weighted by atomic mass is 10.1. The van der Waals surface area contributed by atoms with Gasteiger partial charge in [0, 0.05) is 13.4 Å². The topological polar surface area (TPSA) is 0 Å². The van der Waals surface area contributed by atoms with E-state index in [1.807, 2.05) is 12.1 Å². The quantitative estimate of drug-likeness (QED) is 0.436. The van der Waals surface area contributed by atoms with Crippen molar-refractivity contribution in [3.63, 3.8) is 0 Å². The van der Waals surface area contributed by atoms with Gasteiger partial charge in [0.05, 0.1) is 0 Å². The number of halogens is 3. The Balaban J connectivity index is 2.20. The monoisotopic (exact) mass is 426 g/mol. The Morgan fingerprint density at radius 1 is 1.38 bits per heavy atom. The fraction of sp³-hybridized carbons (Fsp3) is 0.167. The summed E-state index contributed by atoms with van der Waals surface area (Å²) in [7, 11) is 0. The molecule has 0 saturated carbocycles. The van der Waals surface area contributed by atoms with Crippen LogP contribution in [0.25, 0.3) is 0 Å². The van der Waals surface area contributed by atoms with Gasteiger partial charge < -0.3 is 0 Å². The van der Waals surface area contributed by atoms with Crippen molar-refractivity contribution in [1.29, 1.82) is 0 Å². The number of thiophene rings is 1. The van der Waals surface area contributed by atoms with Gasteiger partial charge in [-0.2, -0.15) is 11.3 Å². The van der Waals surface area contributed by atoms with Crippen LogP contribution in [0.15, 0.2) is 35.0 Å². The number of hydrogen-bond donors (Lipinski definition) is 0. The average Bonchev–Trinajstić information content (AvgIpc) is 2.74. The van der Waals surface area contributed by atoms with Crippen LogP contribution >= 0.6 is 61.5 Å². The molecule has 0 spiro atoms. The minimum absolute atomic E-state index is 0.327. The molecule has 1 aromatic carbocycles. The normalized spacial score (nSPS) is 12.7. The Morgan fingerprint density at radius 2 is 2.19 bits per heavy atom. The van der Waals surface area contributed by atoms with Crippen LogP contribution < -0.4 is 0 Å². The minimum atomic E-state index is 0.327. The molecule has 0 fully saturated rings. The van der Waals surface area contributed by atoms with E-state index in [-0.39, 0.29) is 0 Å². The first-order chi connectivity index (χ1) is 7.66. The maximum atomic E-state index is 6.02. The number of hydrogen-bond acceptors (Lipinski definition) is 1. The summed E-state index contributed by atoms with van der Waals surface area (Å²) in [6, 6.07) is 8.18. The molecule has 0 N–H and O–H groups in total. The summed E-state index contributed by atoms with van der Waals surface area (Å²) in [6.07, 6.45) is 1.000. The van der Waals surface area contributed by atoms with E-state index in [2.05, 4.69) is 61.4 Å². The second kappa shape index (κ2) is 5.85. The Labute approximate surface area is 126 Å². The SMILES string of the molecule is Clc1ccc(I)c(C(Br)Cc2ccsc2)c1. The molecule has 0 nitrogen and oxygen atoms in total. The highest BCUT2D eigenvalue weighted by Crippen LogP contribution is 2.32. The van der Waals surface area contributed by atoms with Crippen molar-refractivity contribution in [2.75, 3.05) is 0 Å². The maximum absolute atomic E-state index is 6.02. The van der Waals surface area contributed by atoms with Gasteiger partial charge in [0.25, 0.3) is 0 Å². The highest BCUT2D eigenvalue weighted by atomic mass is 127. The van der Waals surface area contributed by atoms with Gasteiger partial charge in [-0.05, 0) is 75.2 Å². The molecule has 2 aromatic rings. The van der Waals surface area contributed by atoms with Gasteiger partial charge in [-0.3, -0.25) is 0 Å². The van der Waals surface area contributed by atoms with Crippen LogP contribution in [0, 0.1) is 3.57 Å². The van der Waals surface area contributed by atoms with Crippen LogP contribution in [-0.4, -0.2) is 0 Å². The standard InChI is InChI=1S/C12H9BrClIS/c13-11(5-8-3-4-16-7-8)10-6-9(14)1-2-12(10)15/h1-4,6-7,11H,5H2. The molecule has 4 heteroatoms. The maximum Gasteiger partial charge on any atom is 0.0446 e. The minimum Gasteiger partial charge on any atom is -0.152 e. The molecule has 2 rings (SSSR count). The molecule has 0 radical (unpaired) electrons. The van der Waals surface area contributed by atoms with Crippen LogP contribution in [0.5, 0.6) is 0 Å². The zero-order chi connectivity index (χ0) is 11.5. The van der Waals surface area contributed by atoms with Crippen LogP contribution in [0.3, 0.4) is 0 Å². The lowest BCUT2D eigenvalue weighted by molar-refractivity contribution is 0.948. The van der Waals surface area contributed by atoms with Gasteiger partial charge in [-0.1, -0.05) is 27.5 Å². The third kappa shape index (κ3) is 3.22. The zero-order valence-electron chi connectivity index (χ0n) is 8.29. The molecule has 0 saturated heterocycles. The molecule has 1 heterocycles. The van der Waals surface area contributed by atoms with Crippen molar-refractivity contribution in [1.82, 2.24) is 0 Å². The highest BCUT2D eigenvalue weighted by Gasteiger charge is 2.12. The van der Waals surface area contributed by atoms with Gasteiger partial charge in [-0.25, -0.2) is 0 Å². The molecular weight excluding hydrogens is 418 g/mol. The average molecular weight is 428 g/mol. The van der Waals surface area contributed by atoms with E-state index in [1.165, 1.54) is 14.7 Å². The first kappa shape index (κ1) is 12.9. The van der Waals surface area contributed by atoms with E-state index in [9.17, 15) is 0 Å². The largest absolute Gasteiger partial charge is 0.152 e. The summed E-state index contributed by atoms with van der Waals surface area (Å²) < 4.78 is 1.25. The Bertz CT molecular complexity index is 470. The fourth-order valence-electron chi connectivity index (χ4n) is 1.48. The molecule has 1 atom stereocenters. The molecule has 1 unspecified atom stereocenters. The van der Waals surface area contributed by atoms with Crippen molar-refractivity contribution in [2.24, 2.45) is 0 Å². The van der Waals surface area contributed by atoms with E-state index in [0.29, 0.717) is 4.83 Å². The second-order valence-electron chi connectivity index (χ2n) is 3.47. The first-order valence-corrected chi connectivity index (χ1v) is 8.08. The molecule has 0 aliphatic heterocycles.